The Labute approximate surface area is 107 Å². The molecule has 0 aliphatic heterocycles. The predicted molar refractivity (Wildman–Crippen MR) is 69.6 cm³/mol. The molecule has 100 valence electrons. The predicted octanol–water partition coefficient (Wildman–Crippen LogP) is 3.20. The van der Waals surface area contributed by atoms with Crippen LogP contribution in [0.4, 0.5) is 10.1 Å². The summed E-state index contributed by atoms with van der Waals surface area (Å²) in [5.41, 5.74) is 0.772. The quantitative estimate of drug-likeness (QED) is 0.893. The van der Waals surface area contributed by atoms with Crippen LogP contribution in [0.2, 0.25) is 0 Å². The Kier molecular flexibility index (Phi) is 4.42. The molecule has 0 spiro atoms. The van der Waals surface area contributed by atoms with Gasteiger partial charge in [0, 0.05) is 31.0 Å². The second-order valence-electron chi connectivity index (χ2n) is 4.75. The van der Waals surface area contributed by atoms with Crippen molar-refractivity contribution in [2.75, 3.05) is 19.5 Å². The second-order valence-corrected chi connectivity index (χ2v) is 4.75. The molecule has 2 rings (SSSR count). The van der Waals surface area contributed by atoms with Crippen LogP contribution in [0.5, 0.6) is 5.75 Å². The maximum atomic E-state index is 13.4. The highest BCUT2D eigenvalue weighted by molar-refractivity contribution is 5.49. The van der Waals surface area contributed by atoms with Crippen LogP contribution in [0.15, 0.2) is 18.2 Å². The zero-order valence-electron chi connectivity index (χ0n) is 10.9. The number of benzene rings is 1. The van der Waals surface area contributed by atoms with Gasteiger partial charge in [-0.25, -0.2) is 4.39 Å². The summed E-state index contributed by atoms with van der Waals surface area (Å²) >= 11 is 0. The highest BCUT2D eigenvalue weighted by Crippen LogP contribution is 2.26. The van der Waals surface area contributed by atoms with E-state index in [1.807, 2.05) is 6.07 Å². The lowest BCUT2D eigenvalue weighted by Crippen LogP contribution is -2.31. The summed E-state index contributed by atoms with van der Waals surface area (Å²) in [6.07, 6.45) is 4.63. The van der Waals surface area contributed by atoms with E-state index >= 15 is 0 Å². The molecule has 1 aliphatic carbocycles. The molecule has 1 fully saturated rings. The molecule has 1 saturated carbocycles. The van der Waals surface area contributed by atoms with Crippen molar-refractivity contribution in [1.82, 2.24) is 0 Å². The SMILES string of the molecule is COc1cc(F)cc(NC2CCCC(OC)C2)c1. The monoisotopic (exact) mass is 253 g/mol. The van der Waals surface area contributed by atoms with Gasteiger partial charge in [-0.2, -0.15) is 0 Å². The van der Waals surface area contributed by atoms with Crippen LogP contribution in [0.1, 0.15) is 25.7 Å². The number of hydrogen-bond acceptors (Lipinski definition) is 3. The van der Waals surface area contributed by atoms with Crippen molar-refractivity contribution in [2.24, 2.45) is 0 Å². The van der Waals surface area contributed by atoms with Gasteiger partial charge in [0.2, 0.25) is 0 Å². The van der Waals surface area contributed by atoms with Gasteiger partial charge >= 0.3 is 0 Å². The first-order valence-electron chi connectivity index (χ1n) is 6.35. The number of ether oxygens (including phenoxy) is 2. The first-order chi connectivity index (χ1) is 8.71. The van der Waals surface area contributed by atoms with Crippen molar-refractivity contribution in [1.29, 1.82) is 0 Å². The fourth-order valence-corrected chi connectivity index (χ4v) is 2.49. The molecule has 0 heterocycles. The number of nitrogens with one attached hydrogen (secondary N) is 1. The van der Waals surface area contributed by atoms with Crippen LogP contribution in [0, 0.1) is 5.82 Å². The lowest BCUT2D eigenvalue weighted by atomic mass is 9.92. The lowest BCUT2D eigenvalue weighted by Gasteiger charge is -2.29. The van der Waals surface area contributed by atoms with Gasteiger partial charge in [0.1, 0.15) is 11.6 Å². The van der Waals surface area contributed by atoms with Crippen molar-refractivity contribution < 1.29 is 13.9 Å². The van der Waals surface area contributed by atoms with Crippen LogP contribution in [-0.4, -0.2) is 26.4 Å². The van der Waals surface area contributed by atoms with Gasteiger partial charge in [-0.15, -0.1) is 0 Å². The van der Waals surface area contributed by atoms with E-state index in [-0.39, 0.29) is 5.82 Å². The zero-order valence-corrected chi connectivity index (χ0v) is 10.9. The number of anilines is 1. The lowest BCUT2D eigenvalue weighted by molar-refractivity contribution is 0.0669. The maximum absolute atomic E-state index is 13.4. The van der Waals surface area contributed by atoms with E-state index in [1.54, 1.807) is 14.2 Å². The van der Waals surface area contributed by atoms with E-state index in [9.17, 15) is 4.39 Å². The molecule has 4 heteroatoms. The molecule has 1 aromatic rings. The van der Waals surface area contributed by atoms with Crippen LogP contribution in [0.3, 0.4) is 0 Å². The van der Waals surface area contributed by atoms with Crippen molar-refractivity contribution >= 4 is 5.69 Å². The molecule has 3 nitrogen and oxygen atoms in total. The first kappa shape index (κ1) is 13.1. The molecule has 1 N–H and O–H groups in total. The largest absolute Gasteiger partial charge is 0.497 e. The van der Waals surface area contributed by atoms with Crippen LogP contribution < -0.4 is 10.1 Å². The van der Waals surface area contributed by atoms with E-state index in [0.29, 0.717) is 17.9 Å². The smallest absolute Gasteiger partial charge is 0.128 e. The summed E-state index contributed by atoms with van der Waals surface area (Å²) in [5.74, 6) is 0.257. The second kappa shape index (κ2) is 6.05. The summed E-state index contributed by atoms with van der Waals surface area (Å²) in [4.78, 5) is 0. The van der Waals surface area contributed by atoms with Crippen molar-refractivity contribution in [3.63, 3.8) is 0 Å². The number of halogens is 1. The van der Waals surface area contributed by atoms with Crippen molar-refractivity contribution in [2.45, 2.75) is 37.8 Å². The third-order valence-electron chi connectivity index (χ3n) is 3.44. The van der Waals surface area contributed by atoms with E-state index in [2.05, 4.69) is 5.32 Å². The third-order valence-corrected chi connectivity index (χ3v) is 3.44. The molecule has 0 aromatic heterocycles. The summed E-state index contributed by atoms with van der Waals surface area (Å²) < 4.78 is 23.8. The first-order valence-corrected chi connectivity index (χ1v) is 6.35. The molecular formula is C14H20FNO2. The Morgan fingerprint density at radius 2 is 2.06 bits per heavy atom. The van der Waals surface area contributed by atoms with Gasteiger partial charge in [-0.1, -0.05) is 0 Å². The molecule has 0 amide bonds. The third kappa shape index (κ3) is 3.35. The fraction of sp³-hybridized carbons (Fsp3) is 0.571. The Morgan fingerprint density at radius 3 is 2.78 bits per heavy atom. The van der Waals surface area contributed by atoms with E-state index in [4.69, 9.17) is 9.47 Å². The molecular weight excluding hydrogens is 233 g/mol. The number of hydrogen-bond donors (Lipinski definition) is 1. The summed E-state index contributed by atoms with van der Waals surface area (Å²) in [6.45, 7) is 0. The highest BCUT2D eigenvalue weighted by atomic mass is 19.1. The van der Waals surface area contributed by atoms with Gasteiger partial charge in [0.05, 0.1) is 13.2 Å². The zero-order chi connectivity index (χ0) is 13.0. The molecule has 2 atom stereocenters. The van der Waals surface area contributed by atoms with Gasteiger partial charge in [-0.3, -0.25) is 0 Å². The van der Waals surface area contributed by atoms with Crippen LogP contribution in [0.25, 0.3) is 0 Å². The number of methoxy groups -OCH3 is 2. The minimum Gasteiger partial charge on any atom is -0.497 e. The average molecular weight is 253 g/mol. The Balaban J connectivity index is 2.02. The highest BCUT2D eigenvalue weighted by Gasteiger charge is 2.21. The maximum Gasteiger partial charge on any atom is 0.128 e. The Morgan fingerprint density at radius 1 is 1.22 bits per heavy atom. The molecule has 1 aromatic carbocycles. The van der Waals surface area contributed by atoms with Crippen LogP contribution >= 0.6 is 0 Å². The standard InChI is InChI=1S/C14H20FNO2/c1-17-13-5-3-4-11(8-13)16-12-6-10(15)7-14(9-12)18-2/h6-7,9,11,13,16H,3-5,8H2,1-2H3. The summed E-state index contributed by atoms with van der Waals surface area (Å²) in [7, 11) is 3.29. The molecule has 2 unspecified atom stereocenters. The van der Waals surface area contributed by atoms with Gasteiger partial charge in [-0.05, 0) is 31.7 Å². The topological polar surface area (TPSA) is 30.5 Å². The molecule has 1 aliphatic rings. The minimum absolute atomic E-state index is 0.282. The van der Waals surface area contributed by atoms with E-state index in [0.717, 1.165) is 31.4 Å². The average Bonchev–Trinajstić information content (AvgIpc) is 2.38. The fourth-order valence-electron chi connectivity index (χ4n) is 2.49. The van der Waals surface area contributed by atoms with Gasteiger partial charge in [0.15, 0.2) is 0 Å². The normalized spacial score (nSPS) is 23.7. The molecule has 0 bridgehead atoms. The summed E-state index contributed by atoms with van der Waals surface area (Å²) in [5, 5.41) is 3.36. The van der Waals surface area contributed by atoms with Gasteiger partial charge in [0.25, 0.3) is 0 Å². The van der Waals surface area contributed by atoms with Crippen molar-refractivity contribution in [3.05, 3.63) is 24.0 Å². The molecule has 0 radical (unpaired) electrons. The summed E-state index contributed by atoms with van der Waals surface area (Å²) in [6, 6.07) is 5.04. The Bertz CT molecular complexity index is 397. The number of rotatable bonds is 4. The van der Waals surface area contributed by atoms with Crippen molar-refractivity contribution in [3.8, 4) is 5.75 Å². The van der Waals surface area contributed by atoms with Crippen LogP contribution in [-0.2, 0) is 4.74 Å². The minimum atomic E-state index is -0.282. The van der Waals surface area contributed by atoms with Gasteiger partial charge < -0.3 is 14.8 Å². The van der Waals surface area contributed by atoms with E-state index < -0.39 is 0 Å². The molecule has 0 saturated heterocycles. The van der Waals surface area contributed by atoms with E-state index in [1.165, 1.54) is 12.1 Å². The Hall–Kier alpha value is -1.29. The molecule has 18 heavy (non-hydrogen) atoms.